The van der Waals surface area contributed by atoms with Crippen LogP contribution in [-0.4, -0.2) is 24.1 Å². The molecule has 0 aromatic heterocycles. The molecule has 4 unspecified atom stereocenters. The number of hydrogen-bond acceptors (Lipinski definition) is 6. The Labute approximate surface area is 231 Å². The van der Waals surface area contributed by atoms with Crippen LogP contribution in [0.1, 0.15) is 144 Å². The van der Waals surface area contributed by atoms with E-state index < -0.39 is 35.0 Å². The van der Waals surface area contributed by atoms with Crippen molar-refractivity contribution in [2.45, 2.75) is 156 Å². The topological polar surface area (TPSA) is 100 Å². The van der Waals surface area contributed by atoms with Gasteiger partial charge in [-0.15, -0.1) is 0 Å². The van der Waals surface area contributed by atoms with Crippen LogP contribution in [0.3, 0.4) is 0 Å². The van der Waals surface area contributed by atoms with Crippen LogP contribution in [0.2, 0.25) is 0 Å². The van der Waals surface area contributed by atoms with Crippen molar-refractivity contribution in [1.29, 1.82) is 10.5 Å². The van der Waals surface area contributed by atoms with Crippen molar-refractivity contribution in [3.05, 3.63) is 0 Å². The Kier molecular flexibility index (Phi) is 11.7. The van der Waals surface area contributed by atoms with Gasteiger partial charge in [-0.2, -0.15) is 10.5 Å². The number of carbonyl (C=O) groups is 2. The molecule has 6 heteroatoms. The fourth-order valence-corrected chi connectivity index (χ4v) is 8.12. The first-order valence-corrected chi connectivity index (χ1v) is 15.4. The summed E-state index contributed by atoms with van der Waals surface area (Å²) in [6, 6.07) is 5.25. The summed E-state index contributed by atoms with van der Waals surface area (Å²) < 4.78 is 11.9. The van der Waals surface area contributed by atoms with Gasteiger partial charge in [0, 0.05) is 0 Å². The van der Waals surface area contributed by atoms with Gasteiger partial charge < -0.3 is 9.47 Å². The molecule has 0 N–H and O–H groups in total. The number of unbranched alkanes of at least 4 members (excludes halogenated alkanes) is 2. The molecule has 2 aliphatic carbocycles. The number of nitrogens with zero attached hydrogens (tertiary/aromatic N) is 2. The lowest BCUT2D eigenvalue weighted by Crippen LogP contribution is -2.44. The summed E-state index contributed by atoms with van der Waals surface area (Å²) >= 11 is 0. The first-order chi connectivity index (χ1) is 18.2. The molecular formula is C32H52N2O4. The van der Waals surface area contributed by atoms with Crippen molar-refractivity contribution in [2.24, 2.45) is 21.7 Å². The quantitative estimate of drug-likeness (QED) is 0.199. The Hall–Kier alpha value is -2.08. The third kappa shape index (κ3) is 5.61. The van der Waals surface area contributed by atoms with Crippen molar-refractivity contribution < 1.29 is 19.1 Å². The van der Waals surface area contributed by atoms with Crippen LogP contribution < -0.4 is 0 Å². The molecule has 2 rings (SSSR count). The van der Waals surface area contributed by atoms with Gasteiger partial charge in [-0.3, -0.25) is 9.59 Å². The zero-order chi connectivity index (χ0) is 28.5. The highest BCUT2D eigenvalue weighted by Crippen LogP contribution is 2.61. The van der Waals surface area contributed by atoms with Crippen LogP contribution in [0.4, 0.5) is 0 Å². The Morgan fingerprint density at radius 3 is 1.29 bits per heavy atom. The van der Waals surface area contributed by atoms with E-state index in [-0.39, 0.29) is 23.7 Å². The van der Waals surface area contributed by atoms with Gasteiger partial charge in [-0.25, -0.2) is 0 Å². The molecule has 6 nitrogen and oxygen atoms in total. The van der Waals surface area contributed by atoms with E-state index in [1.54, 1.807) is 0 Å². The smallest absolute Gasteiger partial charge is 0.306 e. The molecule has 214 valence electrons. The van der Waals surface area contributed by atoms with E-state index in [1.165, 1.54) is 0 Å². The summed E-state index contributed by atoms with van der Waals surface area (Å²) in [4.78, 5) is 25.9. The van der Waals surface area contributed by atoms with Gasteiger partial charge in [0.1, 0.15) is 12.2 Å². The summed E-state index contributed by atoms with van der Waals surface area (Å²) in [5.74, 6) is -0.877. The van der Waals surface area contributed by atoms with Gasteiger partial charge in [0.25, 0.3) is 0 Å². The third-order valence-electron chi connectivity index (χ3n) is 10.8. The van der Waals surface area contributed by atoms with Crippen molar-refractivity contribution in [3.8, 4) is 12.1 Å². The summed E-state index contributed by atoms with van der Waals surface area (Å²) in [5.41, 5.74) is -1.65. The average Bonchev–Trinajstić information content (AvgIpc) is 3.42. The highest BCUT2D eigenvalue weighted by atomic mass is 16.6. The molecule has 0 amide bonds. The average molecular weight is 529 g/mol. The second-order valence-corrected chi connectivity index (χ2v) is 11.9. The number of ether oxygens (including phenoxy) is 2. The molecule has 0 aliphatic heterocycles. The molecule has 0 bridgehead atoms. The monoisotopic (exact) mass is 528 g/mol. The van der Waals surface area contributed by atoms with E-state index in [4.69, 9.17) is 9.47 Å². The van der Waals surface area contributed by atoms with Gasteiger partial charge in [0.15, 0.2) is 0 Å². The van der Waals surface area contributed by atoms with Gasteiger partial charge in [-0.1, -0.05) is 67.2 Å². The second-order valence-electron chi connectivity index (χ2n) is 11.9. The van der Waals surface area contributed by atoms with Gasteiger partial charge in [0.05, 0.1) is 35.8 Å². The summed E-state index contributed by atoms with van der Waals surface area (Å²) in [7, 11) is 0. The normalized spacial score (nSPS) is 29.4. The number of nitriles is 2. The van der Waals surface area contributed by atoms with Crippen LogP contribution in [-0.2, 0) is 19.1 Å². The first-order valence-electron chi connectivity index (χ1n) is 15.4. The number of rotatable bonds is 15. The fourth-order valence-electron chi connectivity index (χ4n) is 8.12. The minimum Gasteiger partial charge on any atom is -0.461 e. The molecule has 2 saturated carbocycles. The largest absolute Gasteiger partial charge is 0.461 e. The maximum absolute atomic E-state index is 12.9. The van der Waals surface area contributed by atoms with Crippen molar-refractivity contribution >= 4 is 11.9 Å². The molecule has 2 aliphatic rings. The van der Waals surface area contributed by atoms with Crippen LogP contribution >= 0.6 is 0 Å². The Morgan fingerprint density at radius 2 is 1.03 bits per heavy atom. The Bertz CT molecular complexity index is 807. The first kappa shape index (κ1) is 32.1. The number of carbonyl (C=O) groups excluding carboxylic acids is 2. The molecule has 38 heavy (non-hydrogen) atoms. The zero-order valence-corrected chi connectivity index (χ0v) is 25.0. The lowest BCUT2D eigenvalue weighted by Gasteiger charge is -2.43. The van der Waals surface area contributed by atoms with Gasteiger partial charge in [-0.05, 0) is 75.0 Å². The van der Waals surface area contributed by atoms with Crippen LogP contribution in [0, 0.1) is 44.3 Å². The van der Waals surface area contributed by atoms with Crippen LogP contribution in [0.25, 0.3) is 0 Å². The van der Waals surface area contributed by atoms with Crippen molar-refractivity contribution in [3.63, 3.8) is 0 Å². The van der Waals surface area contributed by atoms with E-state index in [1.807, 2.05) is 0 Å². The lowest BCUT2D eigenvalue weighted by atomic mass is 9.60. The molecule has 0 spiro atoms. The minimum atomic E-state index is -0.679. The minimum absolute atomic E-state index is 0.0657. The van der Waals surface area contributed by atoms with Crippen LogP contribution in [0.5, 0.6) is 0 Å². The van der Waals surface area contributed by atoms with Crippen molar-refractivity contribution in [2.75, 3.05) is 0 Å². The molecule has 0 heterocycles. The molecule has 0 saturated heterocycles. The zero-order valence-electron chi connectivity index (χ0n) is 25.0. The maximum Gasteiger partial charge on any atom is 0.306 e. The third-order valence-corrected chi connectivity index (χ3v) is 10.8. The Morgan fingerprint density at radius 1 is 0.684 bits per heavy atom. The fraction of sp³-hybridized carbons (Fsp3) is 0.875. The number of esters is 2. The van der Waals surface area contributed by atoms with Gasteiger partial charge >= 0.3 is 11.9 Å². The standard InChI is InChI=1S/C32H52N2O4/c1-7-13-19-31(23-33)25(17-21-29(31,9-3)10-4)37-27(35)15-16-28(36)38-26-18-22-30(11-5,12-6)32(26,24-34)20-14-8-2/h25-26H,7-22H2,1-6H3. The number of hydrogen-bond donors (Lipinski definition) is 0. The summed E-state index contributed by atoms with van der Waals surface area (Å²) in [5, 5.41) is 20.8. The van der Waals surface area contributed by atoms with E-state index in [0.717, 1.165) is 77.0 Å². The van der Waals surface area contributed by atoms with E-state index in [0.29, 0.717) is 12.8 Å². The molecular weight excluding hydrogens is 476 g/mol. The van der Waals surface area contributed by atoms with E-state index in [9.17, 15) is 20.1 Å². The predicted octanol–water partition coefficient (Wildman–Crippen LogP) is 8.19. The van der Waals surface area contributed by atoms with Gasteiger partial charge in [0.2, 0.25) is 0 Å². The molecule has 0 aromatic rings. The SMILES string of the molecule is CCCCC1(C#N)C(OC(=O)CCC(=O)OC2CCC(CC)(CC)C2(C#N)CCCC)CCC1(CC)CC. The maximum atomic E-state index is 12.9. The summed E-state index contributed by atoms with van der Waals surface area (Å²) in [6.45, 7) is 12.8. The highest BCUT2D eigenvalue weighted by molar-refractivity contribution is 5.78. The van der Waals surface area contributed by atoms with E-state index in [2.05, 4.69) is 53.7 Å². The predicted molar refractivity (Wildman–Crippen MR) is 149 cm³/mol. The Balaban J connectivity index is 2.08. The van der Waals surface area contributed by atoms with Crippen LogP contribution in [0.15, 0.2) is 0 Å². The van der Waals surface area contributed by atoms with E-state index >= 15 is 0 Å². The summed E-state index contributed by atoms with van der Waals surface area (Å²) in [6.07, 6.45) is 11.0. The lowest BCUT2D eigenvalue weighted by molar-refractivity contribution is -0.162. The highest BCUT2D eigenvalue weighted by Gasteiger charge is 2.61. The molecule has 0 radical (unpaired) electrons. The molecule has 2 fully saturated rings. The van der Waals surface area contributed by atoms with Crippen molar-refractivity contribution in [1.82, 2.24) is 0 Å². The molecule has 0 aromatic carbocycles. The second kappa shape index (κ2) is 13.8. The molecule has 4 atom stereocenters.